The molecule has 1 aromatic heterocycles. The van der Waals surface area contributed by atoms with Crippen LogP contribution in [0.5, 0.6) is 0 Å². The predicted octanol–water partition coefficient (Wildman–Crippen LogP) is 7.19. The van der Waals surface area contributed by atoms with Crippen molar-refractivity contribution in [2.24, 2.45) is 17.3 Å². The molecule has 4 nitrogen and oxygen atoms in total. The van der Waals surface area contributed by atoms with E-state index < -0.39 is 0 Å². The normalized spacial score (nSPS) is 30.7. The Morgan fingerprint density at radius 2 is 1.91 bits per heavy atom. The van der Waals surface area contributed by atoms with Gasteiger partial charge in [-0.25, -0.2) is 4.39 Å². The van der Waals surface area contributed by atoms with E-state index in [1.165, 1.54) is 44.2 Å². The minimum absolute atomic E-state index is 0.183. The molecule has 5 atom stereocenters. The Balaban J connectivity index is 0.000000186. The molecule has 2 saturated carbocycles. The summed E-state index contributed by atoms with van der Waals surface area (Å²) in [5.74, 6) is 1.32. The van der Waals surface area contributed by atoms with Crippen LogP contribution in [0.4, 0.5) is 4.39 Å². The maximum absolute atomic E-state index is 13.0. The van der Waals surface area contributed by atoms with E-state index in [-0.39, 0.29) is 16.8 Å². The van der Waals surface area contributed by atoms with Crippen molar-refractivity contribution in [2.45, 2.75) is 64.6 Å². The van der Waals surface area contributed by atoms with Crippen LogP contribution >= 0.6 is 0 Å². The van der Waals surface area contributed by atoms with Crippen molar-refractivity contribution in [3.63, 3.8) is 0 Å². The topological polar surface area (TPSA) is 43.9 Å². The van der Waals surface area contributed by atoms with Gasteiger partial charge in [0.1, 0.15) is 5.82 Å². The summed E-state index contributed by atoms with van der Waals surface area (Å²) < 4.78 is 30.0. The monoisotopic (exact) mass is 483 g/mol. The van der Waals surface area contributed by atoms with Gasteiger partial charge in [0.15, 0.2) is 0 Å². The first-order chi connectivity index (χ1) is 16.9. The molecular formula is C30H42FNO3. The summed E-state index contributed by atoms with van der Waals surface area (Å²) >= 11 is 0. The fourth-order valence-electron chi connectivity index (χ4n) is 6.11. The number of ether oxygens (including phenoxy) is 3. The van der Waals surface area contributed by atoms with Gasteiger partial charge >= 0.3 is 0 Å². The quantitative estimate of drug-likeness (QED) is 0.422. The molecule has 35 heavy (non-hydrogen) atoms. The van der Waals surface area contributed by atoms with Gasteiger partial charge in [-0.05, 0) is 73.8 Å². The minimum Gasteiger partial charge on any atom is -0.384 e. The smallest absolute Gasteiger partial charge is 0.123 e. The van der Waals surface area contributed by atoms with Crippen LogP contribution in [-0.2, 0) is 14.2 Å². The Morgan fingerprint density at radius 3 is 2.49 bits per heavy atom. The molecule has 192 valence electrons. The van der Waals surface area contributed by atoms with E-state index in [4.69, 9.17) is 14.2 Å². The van der Waals surface area contributed by atoms with Crippen molar-refractivity contribution < 1.29 is 18.6 Å². The molecular weight excluding hydrogens is 441 g/mol. The van der Waals surface area contributed by atoms with E-state index in [9.17, 15) is 4.39 Å². The Labute approximate surface area is 210 Å². The Hall–Kier alpha value is -2.08. The highest BCUT2D eigenvalue weighted by atomic mass is 19.1. The van der Waals surface area contributed by atoms with Gasteiger partial charge < -0.3 is 14.2 Å². The lowest BCUT2D eigenvalue weighted by molar-refractivity contribution is -0.136. The molecule has 0 amide bonds. The average Bonchev–Trinajstić information content (AvgIpc) is 3.64. The van der Waals surface area contributed by atoms with Crippen LogP contribution < -0.4 is 0 Å². The van der Waals surface area contributed by atoms with Crippen LogP contribution in [0.25, 0.3) is 17.2 Å². The van der Waals surface area contributed by atoms with Gasteiger partial charge in [-0.1, -0.05) is 45.5 Å². The summed E-state index contributed by atoms with van der Waals surface area (Å²) in [5, 5.41) is 0. The number of methoxy groups -OCH3 is 2. The van der Waals surface area contributed by atoms with Gasteiger partial charge in [-0.15, -0.1) is 0 Å². The second-order valence-electron chi connectivity index (χ2n) is 10.0. The molecule has 1 saturated heterocycles. The SMILES string of the molecule is C=Cc1ccc(-c2cccc(F)c2)cn1.CC.COC[C@@]1(C)C2CCC3(CO3)CC2CC[C@H]1OC. The van der Waals surface area contributed by atoms with Gasteiger partial charge in [0.25, 0.3) is 0 Å². The number of pyridine rings is 1. The lowest BCUT2D eigenvalue weighted by Gasteiger charge is -2.53. The lowest BCUT2D eigenvalue weighted by Crippen LogP contribution is -2.53. The third kappa shape index (κ3) is 6.38. The van der Waals surface area contributed by atoms with E-state index >= 15 is 0 Å². The van der Waals surface area contributed by atoms with E-state index in [0.717, 1.165) is 41.9 Å². The Kier molecular flexibility index (Phi) is 9.62. The molecule has 1 aromatic carbocycles. The van der Waals surface area contributed by atoms with Crippen LogP contribution in [0.1, 0.15) is 58.6 Å². The van der Waals surface area contributed by atoms with Crippen molar-refractivity contribution in [1.82, 2.24) is 4.98 Å². The molecule has 2 heterocycles. The standard InChI is InChI=1S/C15H26O3.C13H10FN.C2H6/c1-14(9-16-2)12-6-7-15(10-18-15)8-11(12)4-5-13(14)17-3;1-2-13-7-6-11(9-15-13)10-4-3-5-12(14)8-10;1-2/h11-13H,4-10H2,1-3H3;2-9H,1H2;1-2H3/t11?,12?,13-,14+,15?;;/m1../s1. The van der Waals surface area contributed by atoms with Gasteiger partial charge in [0, 0.05) is 31.4 Å². The van der Waals surface area contributed by atoms with Crippen molar-refractivity contribution in [3.8, 4) is 11.1 Å². The fourth-order valence-corrected chi connectivity index (χ4v) is 6.11. The molecule has 3 unspecified atom stereocenters. The maximum atomic E-state index is 13.0. The van der Waals surface area contributed by atoms with Gasteiger partial charge in [-0.3, -0.25) is 4.98 Å². The second kappa shape index (κ2) is 12.2. The van der Waals surface area contributed by atoms with Crippen molar-refractivity contribution >= 4 is 6.08 Å². The van der Waals surface area contributed by atoms with Gasteiger partial charge in [0.2, 0.25) is 0 Å². The number of aromatic nitrogens is 1. The molecule has 0 radical (unpaired) electrons. The van der Waals surface area contributed by atoms with Crippen LogP contribution in [0, 0.1) is 23.1 Å². The number of benzene rings is 1. The highest BCUT2D eigenvalue weighted by Gasteiger charge is 2.57. The largest absolute Gasteiger partial charge is 0.384 e. The molecule has 3 fully saturated rings. The molecule has 2 aromatic rings. The zero-order valence-corrected chi connectivity index (χ0v) is 22.1. The number of halogens is 1. The van der Waals surface area contributed by atoms with E-state index in [1.807, 2.05) is 46.3 Å². The van der Waals surface area contributed by atoms with Crippen molar-refractivity contribution in [2.75, 3.05) is 27.4 Å². The summed E-state index contributed by atoms with van der Waals surface area (Å²) in [7, 11) is 3.67. The molecule has 2 aliphatic carbocycles. The molecule has 3 aliphatic rings. The van der Waals surface area contributed by atoms with E-state index in [1.54, 1.807) is 18.3 Å². The Bertz CT molecular complexity index is 943. The number of epoxide rings is 1. The Morgan fingerprint density at radius 1 is 1.14 bits per heavy atom. The molecule has 0 bridgehead atoms. The second-order valence-corrected chi connectivity index (χ2v) is 10.0. The number of rotatable bonds is 5. The zero-order chi connectivity index (χ0) is 25.5. The number of hydrogen-bond acceptors (Lipinski definition) is 4. The average molecular weight is 484 g/mol. The summed E-state index contributed by atoms with van der Waals surface area (Å²) in [5.41, 5.74) is 3.02. The van der Waals surface area contributed by atoms with Crippen molar-refractivity contribution in [1.29, 1.82) is 0 Å². The molecule has 5 rings (SSSR count). The lowest BCUT2D eigenvalue weighted by atomic mass is 9.55. The maximum Gasteiger partial charge on any atom is 0.123 e. The molecule has 1 aliphatic heterocycles. The van der Waals surface area contributed by atoms with Crippen LogP contribution in [-0.4, -0.2) is 44.1 Å². The first kappa shape index (κ1) is 27.5. The third-order valence-corrected chi connectivity index (χ3v) is 7.94. The number of nitrogens with zero attached hydrogens (tertiary/aromatic N) is 1. The van der Waals surface area contributed by atoms with Gasteiger partial charge in [0.05, 0.1) is 30.6 Å². The highest BCUT2D eigenvalue weighted by Crippen LogP contribution is 2.57. The first-order valence-electron chi connectivity index (χ1n) is 12.9. The molecule has 5 heteroatoms. The van der Waals surface area contributed by atoms with E-state index in [2.05, 4.69) is 18.5 Å². The zero-order valence-electron chi connectivity index (χ0n) is 22.1. The fraction of sp³-hybridized carbons (Fsp3) is 0.567. The predicted molar refractivity (Wildman–Crippen MR) is 141 cm³/mol. The molecule has 0 N–H and O–H groups in total. The van der Waals surface area contributed by atoms with Crippen molar-refractivity contribution in [3.05, 3.63) is 60.7 Å². The minimum atomic E-state index is -0.236. The van der Waals surface area contributed by atoms with Gasteiger partial charge in [-0.2, -0.15) is 0 Å². The number of hydrogen-bond donors (Lipinski definition) is 0. The highest BCUT2D eigenvalue weighted by molar-refractivity contribution is 5.63. The third-order valence-electron chi connectivity index (χ3n) is 7.94. The summed E-state index contributed by atoms with van der Waals surface area (Å²) in [6.07, 6.45) is 10.0. The van der Waals surface area contributed by atoms with Crippen LogP contribution in [0.2, 0.25) is 0 Å². The van der Waals surface area contributed by atoms with Crippen LogP contribution in [0.15, 0.2) is 49.2 Å². The van der Waals surface area contributed by atoms with Crippen LogP contribution in [0.3, 0.4) is 0 Å². The first-order valence-corrected chi connectivity index (χ1v) is 12.9. The summed E-state index contributed by atoms with van der Waals surface area (Å²) in [6, 6.07) is 10.2. The number of fused-ring (bicyclic) bond motifs is 1. The summed E-state index contributed by atoms with van der Waals surface area (Å²) in [4.78, 5) is 4.16. The summed E-state index contributed by atoms with van der Waals surface area (Å²) in [6.45, 7) is 11.8. The van der Waals surface area contributed by atoms with E-state index in [0.29, 0.717) is 6.10 Å². The molecule has 1 spiro atoms.